The largest absolute Gasteiger partial charge is 0.461 e. The minimum Gasteiger partial charge on any atom is -0.461 e. The molecule has 0 unspecified atom stereocenters. The second-order valence-electron chi connectivity index (χ2n) is 7.23. The predicted octanol–water partition coefficient (Wildman–Crippen LogP) is 3.88. The van der Waals surface area contributed by atoms with E-state index in [1.165, 1.54) is 17.3 Å². The molecule has 1 amide bonds. The molecule has 0 radical (unpaired) electrons. The summed E-state index contributed by atoms with van der Waals surface area (Å²) in [5.41, 5.74) is 7.47. The number of thioether (sulfide) groups is 1. The van der Waals surface area contributed by atoms with Crippen molar-refractivity contribution in [1.29, 1.82) is 0 Å². The van der Waals surface area contributed by atoms with Gasteiger partial charge in [0, 0.05) is 18.5 Å². The number of carbonyl (C=O) groups is 1. The van der Waals surface area contributed by atoms with Crippen LogP contribution in [0.1, 0.15) is 37.6 Å². The van der Waals surface area contributed by atoms with Gasteiger partial charge in [-0.3, -0.25) is 9.36 Å². The van der Waals surface area contributed by atoms with Crippen molar-refractivity contribution in [2.75, 3.05) is 0 Å². The normalized spacial score (nSPS) is 11.3. The van der Waals surface area contributed by atoms with E-state index in [2.05, 4.69) is 46.3 Å². The zero-order chi connectivity index (χ0) is 21.8. The van der Waals surface area contributed by atoms with Gasteiger partial charge >= 0.3 is 0 Å². The Hall–Kier alpha value is -3.40. The van der Waals surface area contributed by atoms with Crippen LogP contribution in [0.5, 0.6) is 0 Å². The SMILES string of the molecule is CC(C)c1ccc(-c2noc(CSc3nnc(-c4ccco4)n3CCC(N)=O)n2)cc1. The zero-order valence-corrected chi connectivity index (χ0v) is 18.0. The van der Waals surface area contributed by atoms with Crippen LogP contribution < -0.4 is 5.73 Å². The molecule has 0 fully saturated rings. The average Bonchev–Trinajstić information content (AvgIpc) is 3.51. The van der Waals surface area contributed by atoms with Crippen LogP contribution in [-0.2, 0) is 17.1 Å². The third kappa shape index (κ3) is 4.85. The number of hydrogen-bond donors (Lipinski definition) is 1. The third-order valence-corrected chi connectivity index (χ3v) is 5.62. The van der Waals surface area contributed by atoms with Crippen molar-refractivity contribution in [2.24, 2.45) is 5.73 Å². The van der Waals surface area contributed by atoms with Gasteiger partial charge in [0.05, 0.1) is 12.0 Å². The lowest BCUT2D eigenvalue weighted by molar-refractivity contribution is -0.118. The van der Waals surface area contributed by atoms with Gasteiger partial charge in [-0.2, -0.15) is 4.98 Å². The van der Waals surface area contributed by atoms with Crippen molar-refractivity contribution < 1.29 is 13.7 Å². The van der Waals surface area contributed by atoms with Crippen molar-refractivity contribution in [1.82, 2.24) is 24.9 Å². The fraction of sp³-hybridized carbons (Fsp3) is 0.286. The lowest BCUT2D eigenvalue weighted by Crippen LogP contribution is -2.15. The highest BCUT2D eigenvalue weighted by molar-refractivity contribution is 7.98. The van der Waals surface area contributed by atoms with Crippen LogP contribution >= 0.6 is 11.8 Å². The summed E-state index contributed by atoms with van der Waals surface area (Å²) < 4.78 is 12.6. The number of amides is 1. The third-order valence-electron chi connectivity index (χ3n) is 4.67. The monoisotopic (exact) mass is 438 g/mol. The highest BCUT2D eigenvalue weighted by atomic mass is 32.2. The first kappa shape index (κ1) is 20.9. The first-order valence-electron chi connectivity index (χ1n) is 9.82. The molecule has 9 nitrogen and oxygen atoms in total. The molecule has 31 heavy (non-hydrogen) atoms. The van der Waals surface area contributed by atoms with E-state index in [1.54, 1.807) is 23.0 Å². The average molecular weight is 439 g/mol. The van der Waals surface area contributed by atoms with E-state index in [0.717, 1.165) is 5.56 Å². The molecular formula is C21H22N6O3S. The molecule has 1 aromatic carbocycles. The predicted molar refractivity (Wildman–Crippen MR) is 115 cm³/mol. The van der Waals surface area contributed by atoms with Crippen LogP contribution in [0.2, 0.25) is 0 Å². The molecule has 0 atom stereocenters. The minimum atomic E-state index is -0.403. The van der Waals surface area contributed by atoms with Gasteiger partial charge in [0.15, 0.2) is 16.7 Å². The molecule has 0 saturated carbocycles. The molecule has 10 heteroatoms. The van der Waals surface area contributed by atoms with Crippen LogP contribution in [0.4, 0.5) is 0 Å². The highest BCUT2D eigenvalue weighted by Crippen LogP contribution is 2.27. The number of nitrogens with two attached hydrogens (primary N) is 1. The standard InChI is InChI=1S/C21H22N6O3S/c1-13(2)14-5-7-15(8-6-14)19-23-18(30-26-19)12-31-21-25-24-20(16-4-3-11-29-16)27(21)10-9-17(22)28/h3-8,11,13H,9-10,12H2,1-2H3,(H2,22,28). The van der Waals surface area contributed by atoms with Crippen molar-refractivity contribution in [3.63, 3.8) is 0 Å². The number of carbonyl (C=O) groups excluding carboxylic acids is 1. The molecule has 0 saturated heterocycles. The fourth-order valence-corrected chi connectivity index (χ4v) is 3.78. The van der Waals surface area contributed by atoms with Crippen molar-refractivity contribution >= 4 is 17.7 Å². The maximum absolute atomic E-state index is 11.3. The summed E-state index contributed by atoms with van der Waals surface area (Å²) in [7, 11) is 0. The second kappa shape index (κ2) is 9.17. The number of benzene rings is 1. The summed E-state index contributed by atoms with van der Waals surface area (Å²) >= 11 is 1.38. The van der Waals surface area contributed by atoms with E-state index < -0.39 is 5.91 Å². The molecule has 0 aliphatic heterocycles. The van der Waals surface area contributed by atoms with Crippen LogP contribution in [0.15, 0.2) is 56.8 Å². The van der Waals surface area contributed by atoms with E-state index in [0.29, 0.717) is 46.7 Å². The Bertz CT molecular complexity index is 1150. The van der Waals surface area contributed by atoms with Gasteiger partial charge in [-0.25, -0.2) is 0 Å². The number of aromatic nitrogens is 5. The van der Waals surface area contributed by atoms with Crippen molar-refractivity contribution in [3.8, 4) is 23.0 Å². The summed E-state index contributed by atoms with van der Waals surface area (Å²) in [6, 6.07) is 11.7. The van der Waals surface area contributed by atoms with Gasteiger partial charge in [0.1, 0.15) is 0 Å². The Labute approximate surface area is 183 Å². The van der Waals surface area contributed by atoms with Crippen LogP contribution in [0.3, 0.4) is 0 Å². The Kier molecular flexibility index (Phi) is 6.17. The Morgan fingerprint density at radius 3 is 2.68 bits per heavy atom. The lowest BCUT2D eigenvalue weighted by atomic mass is 10.0. The molecule has 0 spiro atoms. The van der Waals surface area contributed by atoms with Crippen molar-refractivity contribution in [2.45, 2.75) is 43.6 Å². The van der Waals surface area contributed by atoms with E-state index in [9.17, 15) is 4.79 Å². The van der Waals surface area contributed by atoms with Crippen LogP contribution in [-0.4, -0.2) is 30.8 Å². The molecule has 160 valence electrons. The Morgan fingerprint density at radius 1 is 1.19 bits per heavy atom. The molecule has 4 aromatic rings. The molecule has 4 rings (SSSR count). The maximum Gasteiger partial charge on any atom is 0.237 e. The van der Waals surface area contributed by atoms with Crippen LogP contribution in [0, 0.1) is 0 Å². The van der Waals surface area contributed by atoms with Gasteiger partial charge in [0.25, 0.3) is 0 Å². The zero-order valence-electron chi connectivity index (χ0n) is 17.2. The summed E-state index contributed by atoms with van der Waals surface area (Å²) in [6.45, 7) is 4.65. The summed E-state index contributed by atoms with van der Waals surface area (Å²) in [4.78, 5) is 15.8. The lowest BCUT2D eigenvalue weighted by Gasteiger charge is -2.07. The fourth-order valence-electron chi connectivity index (χ4n) is 2.98. The highest BCUT2D eigenvalue weighted by Gasteiger charge is 2.18. The number of furan rings is 1. The number of primary amides is 1. The van der Waals surface area contributed by atoms with Crippen LogP contribution in [0.25, 0.3) is 23.0 Å². The molecule has 2 N–H and O–H groups in total. The molecule has 0 bridgehead atoms. The van der Waals surface area contributed by atoms with E-state index in [1.807, 2.05) is 12.1 Å². The first-order valence-corrected chi connectivity index (χ1v) is 10.8. The molecular weight excluding hydrogens is 416 g/mol. The molecule has 0 aliphatic rings. The van der Waals surface area contributed by atoms with E-state index >= 15 is 0 Å². The number of rotatable bonds is 9. The first-order chi connectivity index (χ1) is 15.0. The maximum atomic E-state index is 11.3. The molecule has 0 aliphatic carbocycles. The molecule has 3 aromatic heterocycles. The Balaban J connectivity index is 1.48. The van der Waals surface area contributed by atoms with Gasteiger partial charge in [-0.15, -0.1) is 10.2 Å². The van der Waals surface area contributed by atoms with Gasteiger partial charge in [-0.1, -0.05) is 55.0 Å². The van der Waals surface area contributed by atoms with Gasteiger partial charge < -0.3 is 14.7 Å². The minimum absolute atomic E-state index is 0.163. The van der Waals surface area contributed by atoms with Gasteiger partial charge in [0.2, 0.25) is 17.6 Å². The summed E-state index contributed by atoms with van der Waals surface area (Å²) in [6.07, 6.45) is 1.72. The Morgan fingerprint density at radius 2 is 2.00 bits per heavy atom. The summed E-state index contributed by atoms with van der Waals surface area (Å²) in [5, 5.41) is 13.1. The summed E-state index contributed by atoms with van der Waals surface area (Å²) in [5.74, 6) is 2.57. The molecule has 3 heterocycles. The number of hydrogen-bond acceptors (Lipinski definition) is 8. The smallest absolute Gasteiger partial charge is 0.237 e. The van der Waals surface area contributed by atoms with Gasteiger partial charge in [-0.05, 0) is 23.6 Å². The number of nitrogens with zero attached hydrogens (tertiary/aromatic N) is 5. The van der Waals surface area contributed by atoms with Crippen molar-refractivity contribution in [3.05, 3.63) is 54.1 Å². The quantitative estimate of drug-likeness (QED) is 0.390. The van der Waals surface area contributed by atoms with E-state index in [-0.39, 0.29) is 6.42 Å². The second-order valence-corrected chi connectivity index (χ2v) is 8.17. The topological polar surface area (TPSA) is 126 Å². The van der Waals surface area contributed by atoms with E-state index in [4.69, 9.17) is 14.7 Å².